The Morgan fingerprint density at radius 3 is 2.83 bits per heavy atom. The number of aliphatic imine (C=N–C) groups is 1. The lowest BCUT2D eigenvalue weighted by Crippen LogP contribution is -2.45. The minimum absolute atomic E-state index is 0.504. The predicted molar refractivity (Wildman–Crippen MR) is 81.3 cm³/mol. The van der Waals surface area contributed by atoms with Gasteiger partial charge in [0.15, 0.2) is 5.17 Å². The molecule has 3 unspecified atom stereocenters. The van der Waals surface area contributed by atoms with Crippen LogP contribution in [-0.4, -0.2) is 48.5 Å². The second kappa shape index (κ2) is 6.29. The van der Waals surface area contributed by atoms with Crippen molar-refractivity contribution in [2.24, 2.45) is 16.8 Å². The zero-order chi connectivity index (χ0) is 13.1. The Morgan fingerprint density at radius 1 is 1.39 bits per heavy atom. The van der Waals surface area contributed by atoms with Crippen molar-refractivity contribution in [1.29, 1.82) is 0 Å². The van der Waals surface area contributed by atoms with Gasteiger partial charge in [0.05, 0.1) is 6.04 Å². The van der Waals surface area contributed by atoms with Crippen LogP contribution in [0.25, 0.3) is 0 Å². The van der Waals surface area contributed by atoms with E-state index in [1.54, 1.807) is 0 Å². The van der Waals surface area contributed by atoms with Crippen LogP contribution in [-0.2, 0) is 0 Å². The van der Waals surface area contributed by atoms with Crippen LogP contribution in [0.15, 0.2) is 4.99 Å². The van der Waals surface area contributed by atoms with E-state index >= 15 is 0 Å². The van der Waals surface area contributed by atoms with E-state index in [-0.39, 0.29) is 0 Å². The number of fused-ring (bicyclic) bond motifs is 1. The van der Waals surface area contributed by atoms with E-state index in [9.17, 15) is 0 Å². The molecule has 0 amide bonds. The second-order valence-corrected chi connectivity index (χ2v) is 7.27. The van der Waals surface area contributed by atoms with E-state index < -0.39 is 0 Å². The fourth-order valence-corrected chi connectivity index (χ4v) is 4.01. The lowest BCUT2D eigenvalue weighted by molar-refractivity contribution is 0.313. The predicted octanol–water partition coefficient (Wildman–Crippen LogP) is 2.43. The summed E-state index contributed by atoms with van der Waals surface area (Å²) in [4.78, 5) is 7.18. The maximum absolute atomic E-state index is 4.92. The van der Waals surface area contributed by atoms with Gasteiger partial charge in [-0.05, 0) is 38.8 Å². The maximum Gasteiger partial charge on any atom is 0.157 e. The molecule has 1 fully saturated rings. The lowest BCUT2D eigenvalue weighted by atomic mass is 10.0. The molecule has 18 heavy (non-hydrogen) atoms. The van der Waals surface area contributed by atoms with Crippen LogP contribution in [0.4, 0.5) is 0 Å². The molecule has 0 aromatic heterocycles. The van der Waals surface area contributed by atoms with E-state index in [4.69, 9.17) is 4.99 Å². The van der Waals surface area contributed by atoms with Crippen LogP contribution in [0, 0.1) is 11.8 Å². The lowest BCUT2D eigenvalue weighted by Gasteiger charge is -2.30. The van der Waals surface area contributed by atoms with Crippen LogP contribution in [0.5, 0.6) is 0 Å². The van der Waals surface area contributed by atoms with Gasteiger partial charge in [0.2, 0.25) is 0 Å². The molecule has 1 heterocycles. The molecule has 0 spiro atoms. The molecule has 1 N–H and O–H groups in total. The Bertz CT molecular complexity index is 301. The molecule has 0 aromatic carbocycles. The summed E-state index contributed by atoms with van der Waals surface area (Å²) in [5.41, 5.74) is 0. The van der Waals surface area contributed by atoms with Gasteiger partial charge in [0.1, 0.15) is 0 Å². The fraction of sp³-hybridized carbons (Fsp3) is 0.929. The average Bonchev–Trinajstić information content (AvgIpc) is 2.74. The van der Waals surface area contributed by atoms with Crippen molar-refractivity contribution in [3.63, 3.8) is 0 Å². The molecule has 1 aliphatic carbocycles. The third kappa shape index (κ3) is 3.64. The van der Waals surface area contributed by atoms with Gasteiger partial charge in [-0.25, -0.2) is 0 Å². The highest BCUT2D eigenvalue weighted by atomic mass is 32.2. The molecule has 3 atom stereocenters. The number of hydrogen-bond donors (Lipinski definition) is 1. The molecule has 104 valence electrons. The molecule has 1 aliphatic heterocycles. The summed E-state index contributed by atoms with van der Waals surface area (Å²) >= 11 is 1.93. The monoisotopic (exact) mass is 269 g/mol. The van der Waals surface area contributed by atoms with Crippen molar-refractivity contribution in [3.05, 3.63) is 0 Å². The van der Waals surface area contributed by atoms with Crippen molar-refractivity contribution < 1.29 is 0 Å². The number of thioether (sulfide) groups is 1. The quantitative estimate of drug-likeness (QED) is 0.849. The second-order valence-electron chi connectivity index (χ2n) is 6.26. The van der Waals surface area contributed by atoms with Crippen LogP contribution in [0.3, 0.4) is 0 Å². The number of nitrogens with one attached hydrogen (secondary N) is 1. The molecule has 0 saturated heterocycles. The number of rotatable bonds is 4. The van der Waals surface area contributed by atoms with Crippen LogP contribution in [0.2, 0.25) is 0 Å². The van der Waals surface area contributed by atoms with Crippen LogP contribution in [0.1, 0.15) is 33.1 Å². The first kappa shape index (κ1) is 14.2. The number of amidine groups is 1. The van der Waals surface area contributed by atoms with E-state index in [0.717, 1.165) is 12.5 Å². The first-order chi connectivity index (χ1) is 8.56. The van der Waals surface area contributed by atoms with Gasteiger partial charge >= 0.3 is 0 Å². The minimum Gasteiger partial charge on any atom is -0.361 e. The van der Waals surface area contributed by atoms with Crippen molar-refractivity contribution in [2.75, 3.05) is 26.4 Å². The molecular weight excluding hydrogens is 242 g/mol. The molecule has 2 aliphatic rings. The van der Waals surface area contributed by atoms with Gasteiger partial charge in [0.25, 0.3) is 0 Å². The van der Waals surface area contributed by atoms with Crippen molar-refractivity contribution in [2.45, 2.75) is 45.2 Å². The molecule has 0 bridgehead atoms. The topological polar surface area (TPSA) is 27.6 Å². The van der Waals surface area contributed by atoms with E-state index in [0.29, 0.717) is 18.0 Å². The summed E-state index contributed by atoms with van der Waals surface area (Å²) in [6.07, 6.45) is 4.06. The van der Waals surface area contributed by atoms with Gasteiger partial charge in [-0.3, -0.25) is 4.99 Å². The summed E-state index contributed by atoms with van der Waals surface area (Å²) in [5.74, 6) is 2.76. The number of likely N-dealkylation sites (N-methyl/N-ethyl adjacent to an activating group) is 1. The summed E-state index contributed by atoms with van der Waals surface area (Å²) in [6, 6.07) is 1.12. The Hall–Kier alpha value is -0.220. The van der Waals surface area contributed by atoms with Gasteiger partial charge in [-0.15, -0.1) is 0 Å². The summed E-state index contributed by atoms with van der Waals surface area (Å²) in [7, 11) is 4.28. The van der Waals surface area contributed by atoms with Gasteiger partial charge in [0, 0.05) is 18.3 Å². The SMILES string of the molecule is CC(C)C(CN(C)C)NC1=NC2CCCC2CS1. The molecule has 1 saturated carbocycles. The zero-order valence-electron chi connectivity index (χ0n) is 12.1. The van der Waals surface area contributed by atoms with E-state index in [2.05, 4.69) is 38.2 Å². The summed E-state index contributed by atoms with van der Waals surface area (Å²) in [5, 5.41) is 4.86. The minimum atomic E-state index is 0.504. The van der Waals surface area contributed by atoms with E-state index in [1.165, 1.54) is 30.2 Å². The fourth-order valence-electron chi connectivity index (χ4n) is 2.81. The summed E-state index contributed by atoms with van der Waals surface area (Å²) < 4.78 is 0. The largest absolute Gasteiger partial charge is 0.361 e. The third-order valence-electron chi connectivity index (χ3n) is 4.01. The smallest absolute Gasteiger partial charge is 0.157 e. The van der Waals surface area contributed by atoms with Crippen molar-refractivity contribution >= 4 is 16.9 Å². The van der Waals surface area contributed by atoms with Crippen molar-refractivity contribution in [1.82, 2.24) is 10.2 Å². The maximum atomic E-state index is 4.92. The molecule has 0 aromatic rings. The Morgan fingerprint density at radius 2 is 2.17 bits per heavy atom. The standard InChI is InChI=1S/C14H27N3S/c1-10(2)13(8-17(3)4)16-14-15-12-7-5-6-11(12)9-18-14/h10-13H,5-9H2,1-4H3,(H,15,16). The highest BCUT2D eigenvalue weighted by molar-refractivity contribution is 8.13. The Balaban J connectivity index is 1.94. The van der Waals surface area contributed by atoms with E-state index in [1.807, 2.05) is 11.8 Å². The van der Waals surface area contributed by atoms with Crippen LogP contribution >= 0.6 is 11.8 Å². The van der Waals surface area contributed by atoms with Crippen molar-refractivity contribution in [3.8, 4) is 0 Å². The first-order valence-electron chi connectivity index (χ1n) is 7.18. The molecule has 0 radical (unpaired) electrons. The molecule has 3 nitrogen and oxygen atoms in total. The number of nitrogens with zero attached hydrogens (tertiary/aromatic N) is 2. The highest BCUT2D eigenvalue weighted by Gasteiger charge is 2.31. The Kier molecular flexibility index (Phi) is 4.96. The summed E-state index contributed by atoms with van der Waals surface area (Å²) in [6.45, 7) is 5.65. The average molecular weight is 269 g/mol. The Labute approximate surface area is 116 Å². The molecule has 2 rings (SSSR count). The normalized spacial score (nSPS) is 29.3. The molecule has 4 heteroatoms. The molecular formula is C14H27N3S. The first-order valence-corrected chi connectivity index (χ1v) is 8.16. The highest BCUT2D eigenvalue weighted by Crippen LogP contribution is 2.35. The number of hydrogen-bond acceptors (Lipinski definition) is 4. The van der Waals surface area contributed by atoms with Crippen LogP contribution < -0.4 is 5.32 Å². The van der Waals surface area contributed by atoms with Gasteiger partial charge in [-0.1, -0.05) is 32.0 Å². The van der Waals surface area contributed by atoms with Gasteiger partial charge < -0.3 is 10.2 Å². The van der Waals surface area contributed by atoms with Gasteiger partial charge in [-0.2, -0.15) is 0 Å². The zero-order valence-corrected chi connectivity index (χ0v) is 13.0. The third-order valence-corrected chi connectivity index (χ3v) is 5.10.